The van der Waals surface area contributed by atoms with E-state index < -0.39 is 23.1 Å². The Bertz CT molecular complexity index is 2040. The molecule has 232 valence electrons. The zero-order chi connectivity index (χ0) is 32.2. The predicted octanol–water partition coefficient (Wildman–Crippen LogP) is 6.11. The molecule has 3 N–H and O–H groups in total. The number of nitrogens with two attached hydrogens (primary N) is 1. The number of ether oxygens (including phenoxy) is 1. The Labute approximate surface area is 264 Å². The molecule has 0 unspecified atom stereocenters. The first kappa shape index (κ1) is 30.4. The molecule has 3 heterocycles. The Hall–Kier alpha value is -5.68. The van der Waals surface area contributed by atoms with Crippen LogP contribution in [0.3, 0.4) is 0 Å². The van der Waals surface area contributed by atoms with Gasteiger partial charge in [0, 0.05) is 42.7 Å². The van der Waals surface area contributed by atoms with E-state index in [4.69, 9.17) is 20.6 Å². The fourth-order valence-corrected chi connectivity index (χ4v) is 5.16. The molecule has 3 aromatic heterocycles. The lowest BCUT2D eigenvalue weighted by Crippen LogP contribution is -2.19. The molecule has 9 nitrogen and oxygen atoms in total. The largest absolute Gasteiger partial charge is 0.492 e. The molecule has 6 rings (SSSR count). The van der Waals surface area contributed by atoms with Gasteiger partial charge in [-0.3, -0.25) is 4.79 Å². The topological polar surface area (TPSA) is 111 Å². The van der Waals surface area contributed by atoms with Gasteiger partial charge in [-0.15, -0.1) is 0 Å². The number of carbonyl (C=O) groups is 1. The number of fused-ring (bicyclic) bond motifs is 1. The summed E-state index contributed by atoms with van der Waals surface area (Å²) in [6.45, 7) is 1.36. The highest BCUT2D eigenvalue weighted by atomic mass is 19.1. The monoisotopic (exact) mass is 619 g/mol. The van der Waals surface area contributed by atoms with Crippen LogP contribution < -0.4 is 15.8 Å². The molecule has 46 heavy (non-hydrogen) atoms. The minimum absolute atomic E-state index is 0.114. The van der Waals surface area contributed by atoms with E-state index in [9.17, 15) is 9.18 Å². The summed E-state index contributed by atoms with van der Waals surface area (Å²) in [4.78, 5) is 23.0. The Kier molecular flexibility index (Phi) is 8.66. The Morgan fingerprint density at radius 1 is 1.00 bits per heavy atom. The fourth-order valence-electron chi connectivity index (χ4n) is 5.16. The SMILES string of the molecule is CN(C)CCOc1cccc(Nc2nccc(-c3c(-c4cccc(Cc5ccc(F)c(C(N)=O)c5F)c4)nn4ccccc34)n2)c1. The van der Waals surface area contributed by atoms with Crippen LogP contribution in [0, 0.1) is 11.6 Å². The summed E-state index contributed by atoms with van der Waals surface area (Å²) >= 11 is 0. The van der Waals surface area contributed by atoms with Gasteiger partial charge in [0.25, 0.3) is 5.91 Å². The molecule has 6 aromatic rings. The summed E-state index contributed by atoms with van der Waals surface area (Å²) in [7, 11) is 3.99. The highest BCUT2D eigenvalue weighted by Crippen LogP contribution is 2.35. The van der Waals surface area contributed by atoms with E-state index in [1.165, 1.54) is 6.07 Å². The van der Waals surface area contributed by atoms with E-state index in [0.29, 0.717) is 23.9 Å². The van der Waals surface area contributed by atoms with Crippen molar-refractivity contribution in [1.82, 2.24) is 24.5 Å². The second-order valence-electron chi connectivity index (χ2n) is 11.0. The fraction of sp³-hybridized carbons (Fsp3) is 0.143. The second-order valence-corrected chi connectivity index (χ2v) is 11.0. The van der Waals surface area contributed by atoms with Crippen LogP contribution in [0.25, 0.3) is 28.0 Å². The van der Waals surface area contributed by atoms with Crippen LogP contribution in [-0.2, 0) is 6.42 Å². The summed E-state index contributed by atoms with van der Waals surface area (Å²) in [5.41, 5.74) is 9.84. The van der Waals surface area contributed by atoms with Crippen molar-refractivity contribution in [2.24, 2.45) is 5.73 Å². The van der Waals surface area contributed by atoms with E-state index in [-0.39, 0.29) is 12.0 Å². The maximum absolute atomic E-state index is 15.0. The summed E-state index contributed by atoms with van der Waals surface area (Å²) in [6, 6.07) is 25.1. The van der Waals surface area contributed by atoms with Gasteiger partial charge in [0.15, 0.2) is 0 Å². The normalized spacial score (nSPS) is 11.2. The molecule has 0 aliphatic rings. The number of hydrogen-bond acceptors (Lipinski definition) is 7. The molecule has 3 aromatic carbocycles. The highest BCUT2D eigenvalue weighted by molar-refractivity contribution is 5.93. The number of amides is 1. The third kappa shape index (κ3) is 6.54. The number of nitrogens with zero attached hydrogens (tertiary/aromatic N) is 5. The van der Waals surface area contributed by atoms with Crippen molar-refractivity contribution in [2.75, 3.05) is 32.6 Å². The van der Waals surface area contributed by atoms with Gasteiger partial charge < -0.3 is 20.7 Å². The maximum Gasteiger partial charge on any atom is 0.254 e. The summed E-state index contributed by atoms with van der Waals surface area (Å²) < 4.78 is 36.8. The standard InChI is InChI=1S/C35H31F2N7O2/c1-43(2)17-18-46-26-10-6-9-25(21-26)40-35-39-15-14-28(41-35)31-29-11-3-4-16-44(29)42-33(31)24-8-5-7-22(20-24)19-23-12-13-27(36)30(32(23)37)34(38)45/h3-16,20-21H,17-19H2,1-2H3,(H2,38,45)(H,39,40,41). The number of halogens is 2. The van der Waals surface area contributed by atoms with Gasteiger partial charge in [-0.25, -0.2) is 23.3 Å². The minimum Gasteiger partial charge on any atom is -0.492 e. The Morgan fingerprint density at radius 3 is 2.67 bits per heavy atom. The first-order valence-corrected chi connectivity index (χ1v) is 14.6. The molecule has 11 heteroatoms. The zero-order valence-electron chi connectivity index (χ0n) is 25.2. The second kappa shape index (κ2) is 13.1. The number of rotatable bonds is 11. The van der Waals surface area contributed by atoms with Gasteiger partial charge >= 0.3 is 0 Å². The molecule has 0 aliphatic heterocycles. The Morgan fingerprint density at radius 2 is 1.85 bits per heavy atom. The molecular formula is C35H31F2N7O2. The van der Waals surface area contributed by atoms with Crippen LogP contribution in [0.15, 0.2) is 97.3 Å². The van der Waals surface area contributed by atoms with Gasteiger partial charge in [-0.05, 0) is 67.7 Å². The number of aromatic nitrogens is 4. The van der Waals surface area contributed by atoms with Crippen LogP contribution in [-0.4, -0.2) is 57.6 Å². The van der Waals surface area contributed by atoms with E-state index in [0.717, 1.165) is 46.3 Å². The maximum atomic E-state index is 15.0. The van der Waals surface area contributed by atoms with E-state index in [1.54, 1.807) is 10.7 Å². The molecule has 0 bridgehead atoms. The number of primary amides is 1. The van der Waals surface area contributed by atoms with Crippen LogP contribution in [0.1, 0.15) is 21.5 Å². The van der Waals surface area contributed by atoms with Gasteiger partial charge in [-0.1, -0.05) is 36.4 Å². The summed E-state index contributed by atoms with van der Waals surface area (Å²) in [6.07, 6.45) is 3.65. The average Bonchev–Trinajstić information content (AvgIpc) is 3.43. The zero-order valence-corrected chi connectivity index (χ0v) is 25.2. The number of nitrogens with one attached hydrogen (secondary N) is 1. The van der Waals surface area contributed by atoms with Crippen molar-refractivity contribution < 1.29 is 18.3 Å². The number of likely N-dealkylation sites (N-methyl/N-ethyl adjacent to an activating group) is 1. The molecule has 0 saturated heterocycles. The number of pyridine rings is 1. The predicted molar refractivity (Wildman–Crippen MR) is 173 cm³/mol. The lowest BCUT2D eigenvalue weighted by molar-refractivity contribution is 0.0992. The van der Waals surface area contributed by atoms with Crippen molar-refractivity contribution in [2.45, 2.75) is 6.42 Å². The van der Waals surface area contributed by atoms with Crippen molar-refractivity contribution in [3.63, 3.8) is 0 Å². The van der Waals surface area contributed by atoms with E-state index in [2.05, 4.69) is 15.2 Å². The van der Waals surface area contributed by atoms with Crippen LogP contribution in [0.2, 0.25) is 0 Å². The smallest absolute Gasteiger partial charge is 0.254 e. The van der Waals surface area contributed by atoms with Crippen molar-refractivity contribution in [1.29, 1.82) is 0 Å². The molecule has 0 radical (unpaired) electrons. The molecule has 0 atom stereocenters. The Balaban J connectivity index is 1.33. The molecule has 1 amide bonds. The van der Waals surface area contributed by atoms with Gasteiger partial charge in [0.2, 0.25) is 5.95 Å². The lowest BCUT2D eigenvalue weighted by Gasteiger charge is -2.12. The van der Waals surface area contributed by atoms with Crippen molar-refractivity contribution in [3.05, 3.63) is 126 Å². The third-order valence-electron chi connectivity index (χ3n) is 7.36. The first-order valence-electron chi connectivity index (χ1n) is 14.6. The summed E-state index contributed by atoms with van der Waals surface area (Å²) in [5.74, 6) is -1.97. The molecular weight excluding hydrogens is 588 g/mol. The van der Waals surface area contributed by atoms with Crippen LogP contribution in [0.4, 0.5) is 20.4 Å². The van der Waals surface area contributed by atoms with Crippen LogP contribution in [0.5, 0.6) is 5.75 Å². The summed E-state index contributed by atoms with van der Waals surface area (Å²) in [5, 5.41) is 8.15. The third-order valence-corrected chi connectivity index (χ3v) is 7.36. The molecule has 0 aliphatic carbocycles. The molecule has 0 saturated carbocycles. The van der Waals surface area contributed by atoms with E-state index in [1.807, 2.05) is 93.1 Å². The quantitative estimate of drug-likeness (QED) is 0.180. The van der Waals surface area contributed by atoms with E-state index >= 15 is 4.39 Å². The molecule has 0 fully saturated rings. The minimum atomic E-state index is -1.15. The average molecular weight is 620 g/mol. The van der Waals surface area contributed by atoms with Gasteiger partial charge in [-0.2, -0.15) is 5.10 Å². The first-order chi connectivity index (χ1) is 22.3. The van der Waals surface area contributed by atoms with Crippen molar-refractivity contribution >= 4 is 23.1 Å². The van der Waals surface area contributed by atoms with Crippen LogP contribution >= 0.6 is 0 Å². The van der Waals surface area contributed by atoms with Gasteiger partial charge in [0.05, 0.1) is 16.8 Å². The lowest BCUT2D eigenvalue weighted by atomic mass is 9.97. The number of anilines is 2. The highest BCUT2D eigenvalue weighted by Gasteiger charge is 2.21. The number of hydrogen-bond donors (Lipinski definition) is 2. The van der Waals surface area contributed by atoms with Gasteiger partial charge in [0.1, 0.15) is 35.2 Å². The number of carbonyl (C=O) groups excluding carboxylic acids is 1. The molecule has 0 spiro atoms. The number of benzene rings is 3. The van der Waals surface area contributed by atoms with Crippen molar-refractivity contribution in [3.8, 4) is 28.3 Å².